The van der Waals surface area contributed by atoms with Gasteiger partial charge in [0.25, 0.3) is 0 Å². The van der Waals surface area contributed by atoms with Crippen molar-refractivity contribution in [3.8, 4) is 0 Å². The Hall–Kier alpha value is -1.30. The van der Waals surface area contributed by atoms with E-state index in [0.717, 1.165) is 0 Å². The van der Waals surface area contributed by atoms with Crippen LogP contribution in [-0.2, 0) is 0 Å². The van der Waals surface area contributed by atoms with Gasteiger partial charge in [-0.2, -0.15) is 0 Å². The summed E-state index contributed by atoms with van der Waals surface area (Å²) in [7, 11) is 0. The maximum atomic E-state index is 2.33. The lowest BCUT2D eigenvalue weighted by Crippen LogP contribution is -1.91. The van der Waals surface area contributed by atoms with Crippen molar-refractivity contribution < 1.29 is 0 Å². The smallest absolute Gasteiger partial charge is 0.0149 e. The summed E-state index contributed by atoms with van der Waals surface area (Å²) in [4.78, 5) is 0. The summed E-state index contributed by atoms with van der Waals surface area (Å²) in [6, 6.07) is 13.5. The van der Waals surface area contributed by atoms with Gasteiger partial charge in [0.2, 0.25) is 0 Å². The highest BCUT2D eigenvalue weighted by Crippen LogP contribution is 2.27. The number of fused-ring (bicyclic) bond motifs is 1. The van der Waals surface area contributed by atoms with Gasteiger partial charge in [0.15, 0.2) is 0 Å². The molecular formula is C16H20. The maximum absolute atomic E-state index is 2.33. The maximum Gasteiger partial charge on any atom is -0.0149 e. The average molecular weight is 212 g/mol. The van der Waals surface area contributed by atoms with E-state index in [-0.39, 0.29) is 0 Å². The first-order valence-electron chi connectivity index (χ1n) is 6.12. The highest BCUT2D eigenvalue weighted by Gasteiger charge is 2.06. The molecule has 0 unspecified atom stereocenters. The Kier molecular flexibility index (Phi) is 3.00. The van der Waals surface area contributed by atoms with Crippen LogP contribution in [-0.4, -0.2) is 0 Å². The zero-order chi connectivity index (χ0) is 11.7. The molecule has 84 valence electrons. The van der Waals surface area contributed by atoms with Crippen LogP contribution in [0.2, 0.25) is 0 Å². The Labute approximate surface area is 98.3 Å². The van der Waals surface area contributed by atoms with Crippen molar-refractivity contribution in [2.75, 3.05) is 0 Å². The zero-order valence-electron chi connectivity index (χ0n) is 10.6. The third kappa shape index (κ3) is 1.97. The molecule has 0 amide bonds. The molecule has 0 bridgehead atoms. The monoisotopic (exact) mass is 212 g/mol. The lowest BCUT2D eigenvalue weighted by molar-refractivity contribution is 0.865. The summed E-state index contributed by atoms with van der Waals surface area (Å²) < 4.78 is 0. The number of hydrogen-bond acceptors (Lipinski definition) is 0. The SMILES string of the molecule is CC(C)c1ccc2c(C(C)C)cccc2c1. The second-order valence-electron chi connectivity index (χ2n) is 5.14. The minimum atomic E-state index is 0.591. The van der Waals surface area contributed by atoms with Gasteiger partial charge in [-0.3, -0.25) is 0 Å². The van der Waals surface area contributed by atoms with Gasteiger partial charge in [-0.15, -0.1) is 0 Å². The molecule has 0 atom stereocenters. The van der Waals surface area contributed by atoms with Crippen LogP contribution in [0.5, 0.6) is 0 Å². The minimum absolute atomic E-state index is 0.591. The van der Waals surface area contributed by atoms with Crippen molar-refractivity contribution in [1.29, 1.82) is 0 Å². The summed E-state index contributed by atoms with van der Waals surface area (Å²) in [5.41, 5.74) is 2.88. The fourth-order valence-electron chi connectivity index (χ4n) is 2.19. The Morgan fingerprint density at radius 1 is 0.812 bits per heavy atom. The predicted molar refractivity (Wildman–Crippen MR) is 72.1 cm³/mol. The Bertz CT molecular complexity index is 492. The zero-order valence-corrected chi connectivity index (χ0v) is 10.6. The van der Waals surface area contributed by atoms with Crippen LogP contribution in [0.3, 0.4) is 0 Å². The largest absolute Gasteiger partial charge is 0.0613 e. The van der Waals surface area contributed by atoms with E-state index in [1.807, 2.05) is 0 Å². The molecule has 2 rings (SSSR count). The standard InChI is InChI=1S/C16H20/c1-11(2)13-8-9-16-14(10-13)6-5-7-15(16)12(3)4/h5-12H,1-4H3. The molecule has 0 heterocycles. The molecule has 0 aliphatic rings. The molecule has 2 aromatic rings. The van der Waals surface area contributed by atoms with E-state index in [4.69, 9.17) is 0 Å². The molecule has 0 radical (unpaired) electrons. The molecule has 0 aromatic heterocycles. The third-order valence-corrected chi connectivity index (χ3v) is 3.23. The van der Waals surface area contributed by atoms with Crippen molar-refractivity contribution in [3.63, 3.8) is 0 Å². The first kappa shape index (κ1) is 11.2. The van der Waals surface area contributed by atoms with Crippen molar-refractivity contribution in [1.82, 2.24) is 0 Å². The van der Waals surface area contributed by atoms with E-state index in [1.54, 1.807) is 0 Å². The van der Waals surface area contributed by atoms with Gasteiger partial charge in [0.05, 0.1) is 0 Å². The van der Waals surface area contributed by atoms with Gasteiger partial charge < -0.3 is 0 Å². The minimum Gasteiger partial charge on any atom is -0.0613 e. The van der Waals surface area contributed by atoms with E-state index in [9.17, 15) is 0 Å². The summed E-state index contributed by atoms with van der Waals surface area (Å²) in [5.74, 6) is 1.20. The van der Waals surface area contributed by atoms with E-state index in [1.165, 1.54) is 21.9 Å². The summed E-state index contributed by atoms with van der Waals surface area (Å²) in [5, 5.41) is 2.78. The van der Waals surface area contributed by atoms with Gasteiger partial charge in [0, 0.05) is 0 Å². The van der Waals surface area contributed by atoms with E-state index in [0.29, 0.717) is 11.8 Å². The molecule has 0 aliphatic carbocycles. The normalized spacial score (nSPS) is 11.6. The average Bonchev–Trinajstić information content (AvgIpc) is 2.27. The fraction of sp³-hybridized carbons (Fsp3) is 0.375. The molecule has 0 fully saturated rings. The van der Waals surface area contributed by atoms with Crippen LogP contribution in [0.25, 0.3) is 10.8 Å². The van der Waals surface area contributed by atoms with Crippen molar-refractivity contribution in [2.24, 2.45) is 0 Å². The van der Waals surface area contributed by atoms with Gasteiger partial charge in [-0.25, -0.2) is 0 Å². The Morgan fingerprint density at radius 3 is 2.19 bits per heavy atom. The molecule has 16 heavy (non-hydrogen) atoms. The van der Waals surface area contributed by atoms with Crippen LogP contribution in [0.1, 0.15) is 50.7 Å². The predicted octanol–water partition coefficient (Wildman–Crippen LogP) is 5.09. The molecule has 0 aliphatic heterocycles. The summed E-state index contributed by atoms with van der Waals surface area (Å²) in [6.07, 6.45) is 0. The van der Waals surface area contributed by atoms with Crippen LogP contribution < -0.4 is 0 Å². The quantitative estimate of drug-likeness (QED) is 0.650. The Balaban J connectivity index is 2.64. The highest BCUT2D eigenvalue weighted by molar-refractivity contribution is 5.86. The van der Waals surface area contributed by atoms with Gasteiger partial charge >= 0.3 is 0 Å². The lowest BCUT2D eigenvalue weighted by Gasteiger charge is -2.12. The molecule has 0 spiro atoms. The van der Waals surface area contributed by atoms with Gasteiger partial charge in [0.1, 0.15) is 0 Å². The van der Waals surface area contributed by atoms with Crippen LogP contribution in [0.4, 0.5) is 0 Å². The second-order valence-corrected chi connectivity index (χ2v) is 5.14. The van der Waals surface area contributed by atoms with Crippen molar-refractivity contribution >= 4 is 10.8 Å². The van der Waals surface area contributed by atoms with Crippen LogP contribution in [0, 0.1) is 0 Å². The molecule has 0 saturated heterocycles. The Morgan fingerprint density at radius 2 is 1.56 bits per heavy atom. The van der Waals surface area contributed by atoms with Crippen LogP contribution in [0.15, 0.2) is 36.4 Å². The topological polar surface area (TPSA) is 0 Å². The number of rotatable bonds is 2. The van der Waals surface area contributed by atoms with Crippen molar-refractivity contribution in [3.05, 3.63) is 47.5 Å². The lowest BCUT2D eigenvalue weighted by atomic mass is 9.93. The molecule has 0 saturated carbocycles. The van der Waals surface area contributed by atoms with E-state index in [2.05, 4.69) is 64.1 Å². The van der Waals surface area contributed by atoms with Gasteiger partial charge in [-0.1, -0.05) is 64.1 Å². The third-order valence-electron chi connectivity index (χ3n) is 3.23. The summed E-state index contributed by atoms with van der Waals surface area (Å²) >= 11 is 0. The molecule has 2 aromatic carbocycles. The van der Waals surface area contributed by atoms with Crippen LogP contribution >= 0.6 is 0 Å². The van der Waals surface area contributed by atoms with Gasteiger partial charge in [-0.05, 0) is 33.7 Å². The summed E-state index contributed by atoms with van der Waals surface area (Å²) in [6.45, 7) is 9.00. The number of hydrogen-bond donors (Lipinski definition) is 0. The molecular weight excluding hydrogens is 192 g/mol. The highest BCUT2D eigenvalue weighted by atomic mass is 14.1. The second kappa shape index (κ2) is 4.29. The first-order valence-corrected chi connectivity index (χ1v) is 6.12. The first-order chi connectivity index (χ1) is 7.59. The fourth-order valence-corrected chi connectivity index (χ4v) is 2.19. The molecule has 0 nitrogen and oxygen atoms in total. The van der Waals surface area contributed by atoms with Crippen molar-refractivity contribution in [2.45, 2.75) is 39.5 Å². The van der Waals surface area contributed by atoms with E-state index < -0.39 is 0 Å². The molecule has 0 heteroatoms. The van der Waals surface area contributed by atoms with E-state index >= 15 is 0 Å². The molecule has 0 N–H and O–H groups in total. The number of benzene rings is 2.